The second-order valence-corrected chi connectivity index (χ2v) is 44.8. The number of phosphoric acid groups is 4. The molecule has 4 aliphatic rings. The molecule has 4 aliphatic heterocycles. The third-order valence-electron chi connectivity index (χ3n) is 20.5. The van der Waals surface area contributed by atoms with Crippen LogP contribution in [0.4, 0.5) is 17.1 Å². The van der Waals surface area contributed by atoms with E-state index < -0.39 is 293 Å². The van der Waals surface area contributed by atoms with Crippen molar-refractivity contribution in [2.45, 2.75) is 177 Å². The van der Waals surface area contributed by atoms with Gasteiger partial charge in [-0.2, -0.15) is 0 Å². The van der Waals surface area contributed by atoms with Crippen LogP contribution in [0.25, 0.3) is 0 Å². The molecule has 0 bridgehead atoms. The van der Waals surface area contributed by atoms with Crippen molar-refractivity contribution in [1.82, 2.24) is 38.2 Å². The Morgan fingerprint density at radius 1 is 0.345 bits per heavy atom. The number of hydrogen-bond donors (Lipinski definition) is 19. The first-order valence-corrected chi connectivity index (χ1v) is 54.1. The van der Waals surface area contributed by atoms with Gasteiger partial charge in [-0.1, -0.05) is 60.7 Å². The molecule has 8 aromatic rings. The average molecular weight is 2210 g/mol. The number of carbonyl (C=O) groups is 3. The molecule has 12 rings (SSSR count). The van der Waals surface area contributed by atoms with E-state index in [1.54, 1.807) is 6.92 Å². The standard InChI is InChI=1S/3C19H25N3O13P2.C18H24N2O12P2/c1-10(24)20-13-6-11(7-23)2-3-12(13)9-36(29,30)35-37(31,32)33-8-14-16(26)17(27)18(34-14)22-5-4-15(25)21-19(22)28;1-10(24)20-13-4-2-3-11(7-23)12(13)9-36(29,30)35-37(31,32)33-8-14-16(26)17(27)18(34-14)22-6-5-15(25)21-19(22)28;1-10(24)20-15-11(7-23)3-2-4-12(15)9-36(29,30)35-37(31,32)33-8-13-16(26)17(27)18(34-13)22-6-5-14(25)21-19(22)28;1-10-6-11(2-3-12(10)7-21)9-33(26,27)32-34(28,29)30-8-13-15(23)16(24)17(31-13)20-5-4-14(22)19-18(20)25/h2*2-6,14,16-18,23,26-27H,7-9H2,1H3,(H,20,24)(H,29,30)(H,31,32)(H,21,25,28);2-6,13,16-18,23,26-27H,7-9H2,1H3,(H,20,24)(H,29,30)(H,31,32)(H,21,25,28);2-6,13,15-17,21,23-24H,7-9H2,1H3,(H,26,27)(H,28,29)(H,19,22,25)/p-8/t2*14-,16?,17+,18-;13-,16?,17+,18-;13-,15?,16+,17-/m1111/s1. The number of rotatable bonds is 39. The van der Waals surface area contributed by atoms with Crippen molar-refractivity contribution in [3.05, 3.63) is 255 Å². The van der Waals surface area contributed by atoms with Crippen LogP contribution in [0.3, 0.4) is 0 Å². The number of benzene rings is 4. The van der Waals surface area contributed by atoms with Gasteiger partial charge in [0.15, 0.2) is 24.9 Å². The first kappa shape index (κ1) is 119. The summed E-state index contributed by atoms with van der Waals surface area (Å²) in [7, 11) is -42.8. The molecule has 800 valence electrons. The van der Waals surface area contributed by atoms with Crippen molar-refractivity contribution in [1.29, 1.82) is 0 Å². The molecular formula is C75H91N11O51P8-8. The number of aliphatic hydroxyl groups is 12. The van der Waals surface area contributed by atoms with Crippen molar-refractivity contribution in [2.24, 2.45) is 0 Å². The van der Waals surface area contributed by atoms with Gasteiger partial charge < -0.3 is 172 Å². The third kappa shape index (κ3) is 33.8. The summed E-state index contributed by atoms with van der Waals surface area (Å²) in [6.45, 7) is -0.607. The molecule has 4 saturated heterocycles. The van der Waals surface area contributed by atoms with Crippen LogP contribution in [-0.4, -0.2) is 217 Å². The molecule has 24 atom stereocenters. The summed E-state index contributed by atoms with van der Waals surface area (Å²) < 4.78 is 158. The van der Waals surface area contributed by atoms with E-state index in [4.69, 9.17) is 18.9 Å². The molecule has 4 aromatic carbocycles. The van der Waals surface area contributed by atoms with Crippen molar-refractivity contribution < 1.29 is 206 Å². The van der Waals surface area contributed by atoms with Gasteiger partial charge in [0.25, 0.3) is 53.5 Å². The maximum atomic E-state index is 12.5. The van der Waals surface area contributed by atoms with Crippen molar-refractivity contribution in [2.75, 3.05) is 42.4 Å². The van der Waals surface area contributed by atoms with Crippen LogP contribution in [0.2, 0.25) is 0 Å². The lowest BCUT2D eigenvalue weighted by Gasteiger charge is -2.32. The zero-order chi connectivity index (χ0) is 108. The molecule has 62 nitrogen and oxygen atoms in total. The number of aryl methyl sites for hydroxylation is 1. The predicted octanol–water partition coefficient (Wildman–Crippen LogP) is -8.20. The molecule has 8 heterocycles. The minimum absolute atomic E-state index is 0.0142. The van der Waals surface area contributed by atoms with Crippen LogP contribution in [0.5, 0.6) is 0 Å². The zero-order valence-electron chi connectivity index (χ0n) is 74.9. The topological polar surface area (TPSA) is 981 Å². The second kappa shape index (κ2) is 50.3. The van der Waals surface area contributed by atoms with Gasteiger partial charge in [-0.25, -0.2) is 19.2 Å². The summed E-state index contributed by atoms with van der Waals surface area (Å²) >= 11 is 0. The largest absolute Gasteiger partial charge is 0.778 e. The molecule has 4 fully saturated rings. The third-order valence-corrected chi connectivity index (χ3v) is 32.5. The van der Waals surface area contributed by atoms with Crippen LogP contribution in [-0.2, 0) is 156 Å². The number of ether oxygens (including phenoxy) is 4. The number of carbonyl (C=O) groups excluding carboxylic acids is 3. The summed E-state index contributed by atoms with van der Waals surface area (Å²) in [6, 6.07) is 20.3. The Morgan fingerprint density at radius 3 is 0.966 bits per heavy atom. The Labute approximate surface area is 811 Å². The summed E-state index contributed by atoms with van der Waals surface area (Å²) in [5.74, 6) is -1.66. The van der Waals surface area contributed by atoms with Gasteiger partial charge in [0.05, 0.1) is 52.9 Å². The van der Waals surface area contributed by atoms with E-state index in [0.717, 1.165) is 88.1 Å². The fourth-order valence-electron chi connectivity index (χ4n) is 13.9. The fourth-order valence-corrected chi connectivity index (χ4v) is 24.6. The summed E-state index contributed by atoms with van der Waals surface area (Å²) in [5, 5.41) is 126. The Bertz CT molecular complexity index is 6920. The smallest absolute Gasteiger partial charge is 0.330 e. The number of H-pyrrole nitrogens is 4. The van der Waals surface area contributed by atoms with E-state index >= 15 is 0 Å². The molecule has 70 heteroatoms. The van der Waals surface area contributed by atoms with E-state index in [1.165, 1.54) is 72.8 Å². The fraction of sp³-hybridized carbons (Fsp3) is 0.427. The Hall–Kier alpha value is -9.43. The van der Waals surface area contributed by atoms with Crippen LogP contribution in [0.1, 0.15) is 95.8 Å². The van der Waals surface area contributed by atoms with Crippen molar-refractivity contribution >= 4 is 96.5 Å². The van der Waals surface area contributed by atoms with Gasteiger partial charge in [0.2, 0.25) is 17.7 Å². The van der Waals surface area contributed by atoms with Gasteiger partial charge in [0.1, 0.15) is 104 Å². The van der Waals surface area contributed by atoms with E-state index in [9.17, 15) is 190 Å². The van der Waals surface area contributed by atoms with Crippen LogP contribution >= 0.6 is 61.7 Å². The summed E-state index contributed by atoms with van der Waals surface area (Å²) in [4.78, 5) is 233. The van der Waals surface area contributed by atoms with Crippen molar-refractivity contribution in [3.8, 4) is 0 Å². The first-order chi connectivity index (χ1) is 67.5. The lowest BCUT2D eigenvalue weighted by Crippen LogP contribution is -2.37. The summed E-state index contributed by atoms with van der Waals surface area (Å²) in [5.41, 5.74) is -4.94. The molecule has 4 aromatic heterocycles. The molecule has 145 heavy (non-hydrogen) atoms. The lowest BCUT2D eigenvalue weighted by atomic mass is 10.1. The maximum Gasteiger partial charge on any atom is 0.330 e. The number of phosphoric ester groups is 4. The normalized spacial score (nSPS) is 25.1. The number of anilines is 3. The molecule has 12 unspecified atom stereocenters. The van der Waals surface area contributed by atoms with Gasteiger partial charge in [-0.3, -0.25) is 107 Å². The van der Waals surface area contributed by atoms with E-state index in [1.807, 2.05) is 19.9 Å². The monoisotopic (exact) mass is 2210 g/mol. The molecular weight excluding hydrogens is 2120 g/mol. The number of hydrogen-bond acceptors (Lipinski definition) is 51. The number of aromatic amines is 4. The first-order valence-electron chi connectivity index (χ1n) is 41.4. The predicted molar refractivity (Wildman–Crippen MR) is 470 cm³/mol. The maximum absolute atomic E-state index is 12.5. The SMILES string of the molecule is CC(=O)Nc1c(CO)cccc1CP(=O)([O-])OP(=O)([O-])OC[C@H]1O[C@@H](n2ccc(=O)[nH]c2=O)[C@@H](O)C1O.CC(=O)Nc1cc(CO)ccc1CP(=O)([O-])OP(=O)([O-])OC[C@H]1O[C@@H](n2ccc(=O)[nH]c2=O)[C@@H](O)C1O.CC(=O)Nc1cccc(CO)c1CP(=O)([O-])OP(=O)([O-])OC[C@H]1O[C@@H](n2ccc(=O)[nH]c2=O)[C@@H](O)C1O.Cc1cc(CP(=O)([O-])OP(=O)([O-])OC[C@H]2O[C@@H](n3ccc(=O)[nH]c3=O)[C@@H](O)C2O)ccc1CO. The van der Waals surface area contributed by atoms with E-state index in [2.05, 4.69) is 51.3 Å². The highest BCUT2D eigenvalue weighted by Gasteiger charge is 2.49. The van der Waals surface area contributed by atoms with Gasteiger partial charge in [0, 0.05) is 117 Å². The Balaban J connectivity index is 0.000000215. The van der Waals surface area contributed by atoms with Crippen LogP contribution in [0, 0.1) is 6.92 Å². The van der Waals surface area contributed by atoms with Gasteiger partial charge in [-0.05, 0) is 63.6 Å². The van der Waals surface area contributed by atoms with Gasteiger partial charge >= 0.3 is 22.8 Å². The average Bonchev–Trinajstić information content (AvgIpc) is 1.73. The quantitative estimate of drug-likeness (QED) is 0.0159. The molecule has 0 radical (unpaired) electrons. The molecule has 19 N–H and O–H groups in total. The molecule has 3 amide bonds. The highest BCUT2D eigenvalue weighted by Crippen LogP contribution is 2.61. The molecule has 0 aliphatic carbocycles. The number of amides is 3. The number of nitrogens with one attached hydrogen (secondary N) is 7. The Kier molecular flexibility index (Phi) is 41.3. The minimum atomic E-state index is -5.59. The summed E-state index contributed by atoms with van der Waals surface area (Å²) in [6.07, 6.45) is -25.8. The lowest BCUT2D eigenvalue weighted by molar-refractivity contribution is -0.236. The van der Waals surface area contributed by atoms with E-state index in [-0.39, 0.29) is 57.0 Å². The number of para-hydroxylation sites is 1. The minimum Gasteiger partial charge on any atom is -0.778 e. The second-order valence-electron chi connectivity index (χ2n) is 31.5. The molecule has 0 saturated carbocycles. The Morgan fingerprint density at radius 2 is 0.641 bits per heavy atom. The zero-order valence-corrected chi connectivity index (χ0v) is 82.1. The number of nitrogens with zero attached hydrogens (tertiary/aromatic N) is 4. The van der Waals surface area contributed by atoms with Gasteiger partial charge in [-0.15, -0.1) is 0 Å². The van der Waals surface area contributed by atoms with Crippen LogP contribution in [0.15, 0.2) is 160 Å². The highest BCUT2D eigenvalue weighted by molar-refractivity contribution is 7.63. The van der Waals surface area contributed by atoms with Crippen molar-refractivity contribution in [3.63, 3.8) is 0 Å². The van der Waals surface area contributed by atoms with Crippen LogP contribution < -0.4 is 100 Å². The number of aromatic nitrogens is 8. The molecule has 0 spiro atoms. The highest BCUT2D eigenvalue weighted by atomic mass is 31.3. The van der Waals surface area contributed by atoms with E-state index in [0.29, 0.717) is 16.7 Å². The number of aliphatic hydroxyl groups excluding tert-OH is 12.